The Kier molecular flexibility index (Phi) is 7.70. The van der Waals surface area contributed by atoms with E-state index < -0.39 is 22.5 Å². The van der Waals surface area contributed by atoms with Crippen LogP contribution in [0.1, 0.15) is 18.1 Å². The number of nitriles is 1. The van der Waals surface area contributed by atoms with Crippen LogP contribution in [-0.4, -0.2) is 27.5 Å². The molecule has 0 aliphatic heterocycles. The second-order valence-electron chi connectivity index (χ2n) is 7.33. The SMILES string of the molecule is CCOc1ccc(N(CC(=O)Nc2ccc(CC#N)cc2)S(=O)(=O)c2ccc(C)cc2)cc1. The first-order chi connectivity index (χ1) is 15.8. The van der Waals surface area contributed by atoms with Crippen LogP contribution in [0, 0.1) is 18.3 Å². The summed E-state index contributed by atoms with van der Waals surface area (Å²) in [6, 6.07) is 22.0. The smallest absolute Gasteiger partial charge is 0.264 e. The van der Waals surface area contributed by atoms with Gasteiger partial charge in [0.15, 0.2) is 0 Å². The largest absolute Gasteiger partial charge is 0.494 e. The number of hydrogen-bond donors (Lipinski definition) is 1. The van der Waals surface area contributed by atoms with E-state index in [1.165, 1.54) is 12.1 Å². The third-order valence-electron chi connectivity index (χ3n) is 4.85. The van der Waals surface area contributed by atoms with Crippen LogP contribution in [0.15, 0.2) is 77.7 Å². The molecule has 0 radical (unpaired) electrons. The molecule has 0 fully saturated rings. The van der Waals surface area contributed by atoms with Crippen LogP contribution in [0.4, 0.5) is 11.4 Å². The molecule has 3 aromatic carbocycles. The van der Waals surface area contributed by atoms with E-state index in [1.807, 2.05) is 13.8 Å². The van der Waals surface area contributed by atoms with Crippen LogP contribution in [0.25, 0.3) is 0 Å². The standard InChI is InChI=1S/C25H25N3O4S/c1-3-32-23-12-10-22(11-13-23)28(33(30,31)24-14-4-19(2)5-15-24)18-25(29)27-21-8-6-20(7-9-21)16-17-26/h4-15H,3,16,18H2,1-2H3,(H,27,29). The molecule has 0 unspecified atom stereocenters. The maximum absolute atomic E-state index is 13.4. The first kappa shape index (κ1) is 23.8. The van der Waals surface area contributed by atoms with Crippen molar-refractivity contribution in [3.8, 4) is 11.8 Å². The van der Waals surface area contributed by atoms with E-state index in [4.69, 9.17) is 10.00 Å². The van der Waals surface area contributed by atoms with E-state index in [-0.39, 0.29) is 11.3 Å². The maximum atomic E-state index is 13.4. The number of ether oxygens (including phenoxy) is 1. The fourth-order valence-electron chi connectivity index (χ4n) is 3.16. The van der Waals surface area contributed by atoms with Gasteiger partial charge in [0.2, 0.25) is 5.91 Å². The fraction of sp³-hybridized carbons (Fsp3) is 0.200. The molecule has 1 amide bonds. The van der Waals surface area contributed by atoms with Crippen molar-refractivity contribution >= 4 is 27.3 Å². The zero-order chi connectivity index (χ0) is 23.8. The zero-order valence-electron chi connectivity index (χ0n) is 18.5. The van der Waals surface area contributed by atoms with Gasteiger partial charge in [0.05, 0.1) is 29.7 Å². The summed E-state index contributed by atoms with van der Waals surface area (Å²) in [6.45, 7) is 3.81. The lowest BCUT2D eigenvalue weighted by atomic mass is 10.1. The summed E-state index contributed by atoms with van der Waals surface area (Å²) in [7, 11) is -4.00. The number of carbonyl (C=O) groups excluding carboxylic acids is 1. The molecule has 0 heterocycles. The zero-order valence-corrected chi connectivity index (χ0v) is 19.3. The van der Waals surface area contributed by atoms with Crippen molar-refractivity contribution in [3.63, 3.8) is 0 Å². The van der Waals surface area contributed by atoms with Gasteiger partial charge in [-0.15, -0.1) is 0 Å². The Hall–Kier alpha value is -3.83. The van der Waals surface area contributed by atoms with Gasteiger partial charge in [-0.3, -0.25) is 9.10 Å². The predicted octanol–water partition coefficient (Wildman–Crippen LogP) is 4.29. The molecule has 0 spiro atoms. The Balaban J connectivity index is 1.88. The molecule has 0 bridgehead atoms. The Labute approximate surface area is 194 Å². The minimum Gasteiger partial charge on any atom is -0.494 e. The Morgan fingerprint density at radius 1 is 1.00 bits per heavy atom. The van der Waals surface area contributed by atoms with E-state index in [1.54, 1.807) is 60.7 Å². The predicted molar refractivity (Wildman–Crippen MR) is 128 cm³/mol. The van der Waals surface area contributed by atoms with Crippen LogP contribution < -0.4 is 14.4 Å². The number of rotatable bonds is 9. The van der Waals surface area contributed by atoms with Crippen LogP contribution in [0.2, 0.25) is 0 Å². The maximum Gasteiger partial charge on any atom is 0.264 e. The number of hydrogen-bond acceptors (Lipinski definition) is 5. The molecule has 3 rings (SSSR count). The number of anilines is 2. The monoisotopic (exact) mass is 463 g/mol. The minimum absolute atomic E-state index is 0.0932. The molecule has 0 saturated carbocycles. The molecule has 0 aromatic heterocycles. The number of benzene rings is 3. The molecule has 0 saturated heterocycles. The topological polar surface area (TPSA) is 99.5 Å². The third kappa shape index (κ3) is 6.11. The van der Waals surface area contributed by atoms with Gasteiger partial charge in [-0.05, 0) is 67.9 Å². The van der Waals surface area contributed by atoms with Gasteiger partial charge in [0, 0.05) is 5.69 Å². The lowest BCUT2D eigenvalue weighted by Gasteiger charge is -2.24. The highest BCUT2D eigenvalue weighted by Crippen LogP contribution is 2.26. The van der Waals surface area contributed by atoms with Crippen molar-refractivity contribution in [2.45, 2.75) is 25.2 Å². The van der Waals surface area contributed by atoms with Crippen molar-refractivity contribution < 1.29 is 17.9 Å². The summed E-state index contributed by atoms with van der Waals surface area (Å²) in [5.74, 6) is 0.114. The summed E-state index contributed by atoms with van der Waals surface area (Å²) in [4.78, 5) is 12.9. The molecule has 7 nitrogen and oxygen atoms in total. The fourth-order valence-corrected chi connectivity index (χ4v) is 4.58. The van der Waals surface area contributed by atoms with Crippen LogP contribution in [-0.2, 0) is 21.2 Å². The number of amides is 1. The molecular weight excluding hydrogens is 438 g/mol. The van der Waals surface area contributed by atoms with E-state index >= 15 is 0 Å². The molecule has 3 aromatic rings. The second-order valence-corrected chi connectivity index (χ2v) is 9.19. The third-order valence-corrected chi connectivity index (χ3v) is 6.64. The highest BCUT2D eigenvalue weighted by atomic mass is 32.2. The quantitative estimate of drug-likeness (QED) is 0.510. The van der Waals surface area contributed by atoms with Crippen molar-refractivity contribution in [2.75, 3.05) is 22.8 Å². The van der Waals surface area contributed by atoms with Crippen molar-refractivity contribution in [3.05, 3.63) is 83.9 Å². The van der Waals surface area contributed by atoms with E-state index in [2.05, 4.69) is 11.4 Å². The molecule has 8 heteroatoms. The van der Waals surface area contributed by atoms with Gasteiger partial charge in [-0.2, -0.15) is 5.26 Å². The Bertz CT molecular complexity index is 1230. The number of carbonyl (C=O) groups is 1. The highest BCUT2D eigenvalue weighted by Gasteiger charge is 2.27. The lowest BCUT2D eigenvalue weighted by molar-refractivity contribution is -0.114. The molecule has 170 valence electrons. The summed E-state index contributed by atoms with van der Waals surface area (Å²) in [6.07, 6.45) is 0.272. The average Bonchev–Trinajstić information content (AvgIpc) is 2.80. The molecule has 0 atom stereocenters. The number of nitrogens with zero attached hydrogens (tertiary/aromatic N) is 2. The number of aryl methyl sites for hydroxylation is 1. The lowest BCUT2D eigenvalue weighted by Crippen LogP contribution is -2.38. The molecule has 1 N–H and O–H groups in total. The molecule has 33 heavy (non-hydrogen) atoms. The average molecular weight is 464 g/mol. The molecule has 0 aliphatic rings. The minimum atomic E-state index is -4.00. The van der Waals surface area contributed by atoms with Crippen molar-refractivity contribution in [1.29, 1.82) is 5.26 Å². The van der Waals surface area contributed by atoms with Crippen molar-refractivity contribution in [2.24, 2.45) is 0 Å². The highest BCUT2D eigenvalue weighted by molar-refractivity contribution is 7.92. The van der Waals surface area contributed by atoms with Gasteiger partial charge < -0.3 is 10.1 Å². The summed E-state index contributed by atoms with van der Waals surface area (Å²) >= 11 is 0. The number of sulfonamides is 1. The first-order valence-corrected chi connectivity index (χ1v) is 11.9. The van der Waals surface area contributed by atoms with E-state index in [0.717, 1.165) is 15.4 Å². The van der Waals surface area contributed by atoms with Gasteiger partial charge in [-0.1, -0.05) is 29.8 Å². The van der Waals surface area contributed by atoms with E-state index in [0.29, 0.717) is 23.7 Å². The van der Waals surface area contributed by atoms with Gasteiger partial charge >= 0.3 is 0 Å². The molecule has 0 aliphatic carbocycles. The molecular formula is C25H25N3O4S. The van der Waals surface area contributed by atoms with Gasteiger partial charge in [-0.25, -0.2) is 8.42 Å². The van der Waals surface area contributed by atoms with Gasteiger partial charge in [0.1, 0.15) is 12.3 Å². The van der Waals surface area contributed by atoms with Crippen LogP contribution >= 0.6 is 0 Å². The summed E-state index contributed by atoms with van der Waals surface area (Å²) in [5, 5.41) is 11.5. The normalized spacial score (nSPS) is 10.8. The number of nitrogens with one attached hydrogen (secondary N) is 1. The van der Waals surface area contributed by atoms with Crippen LogP contribution in [0.3, 0.4) is 0 Å². The summed E-state index contributed by atoms with van der Waals surface area (Å²) < 4.78 is 33.4. The van der Waals surface area contributed by atoms with E-state index in [9.17, 15) is 13.2 Å². The Morgan fingerprint density at radius 2 is 1.64 bits per heavy atom. The van der Waals surface area contributed by atoms with Crippen LogP contribution in [0.5, 0.6) is 5.75 Å². The Morgan fingerprint density at radius 3 is 2.21 bits per heavy atom. The second kappa shape index (κ2) is 10.7. The van der Waals surface area contributed by atoms with Gasteiger partial charge in [0.25, 0.3) is 10.0 Å². The first-order valence-electron chi connectivity index (χ1n) is 10.4. The summed E-state index contributed by atoms with van der Waals surface area (Å²) in [5.41, 5.74) is 2.62. The van der Waals surface area contributed by atoms with Crippen molar-refractivity contribution in [1.82, 2.24) is 0 Å².